The molecule has 2 aliphatic rings. The van der Waals surface area contributed by atoms with E-state index in [0.29, 0.717) is 0 Å². The lowest BCUT2D eigenvalue weighted by molar-refractivity contribution is 0.110. The molecule has 5 heterocycles. The maximum absolute atomic E-state index is 5.90. The van der Waals surface area contributed by atoms with Gasteiger partial charge in [-0.3, -0.25) is 4.68 Å². The van der Waals surface area contributed by atoms with Gasteiger partial charge in [-0.2, -0.15) is 10.2 Å². The van der Waals surface area contributed by atoms with E-state index in [-0.39, 0.29) is 6.10 Å². The molecule has 0 bridgehead atoms. The minimum Gasteiger partial charge on any atom is -0.372 e. The summed E-state index contributed by atoms with van der Waals surface area (Å²) < 4.78 is 9.76. The van der Waals surface area contributed by atoms with Crippen molar-refractivity contribution in [1.82, 2.24) is 29.4 Å². The number of aryl methyl sites for hydroxylation is 2. The van der Waals surface area contributed by atoms with E-state index < -0.39 is 0 Å². The molecule has 0 aromatic carbocycles. The highest BCUT2D eigenvalue weighted by Crippen LogP contribution is 2.35. The van der Waals surface area contributed by atoms with E-state index in [9.17, 15) is 0 Å². The predicted octanol–water partition coefficient (Wildman–Crippen LogP) is 1.58. The van der Waals surface area contributed by atoms with Crippen LogP contribution in [0.1, 0.15) is 41.7 Å². The molecule has 1 fully saturated rings. The average molecular weight is 339 g/mol. The summed E-state index contributed by atoms with van der Waals surface area (Å²) in [7, 11) is 2.00. The Hall–Kier alpha value is -2.48. The standard InChI is InChI=1S/C17H21N7O/c1-11-21-15(14-4-3-7-25-14)16-17(18-10-20-24(11)16)23-6-5-12-8-19-22(2)13(12)9-23/h8,10,14H,3-7,9H2,1-2H3. The van der Waals surface area contributed by atoms with Crippen LogP contribution in [0.5, 0.6) is 0 Å². The van der Waals surface area contributed by atoms with Crippen LogP contribution in [0.15, 0.2) is 12.5 Å². The Morgan fingerprint density at radius 3 is 3.04 bits per heavy atom. The summed E-state index contributed by atoms with van der Waals surface area (Å²) in [5.74, 6) is 1.82. The van der Waals surface area contributed by atoms with Gasteiger partial charge in [-0.25, -0.2) is 14.5 Å². The number of imidazole rings is 1. The lowest BCUT2D eigenvalue weighted by Crippen LogP contribution is -2.32. The zero-order valence-corrected chi connectivity index (χ0v) is 14.5. The van der Waals surface area contributed by atoms with Crippen LogP contribution in [-0.4, -0.2) is 42.5 Å². The van der Waals surface area contributed by atoms with Gasteiger partial charge in [0.25, 0.3) is 0 Å². The Morgan fingerprint density at radius 1 is 1.28 bits per heavy atom. The van der Waals surface area contributed by atoms with Gasteiger partial charge in [-0.1, -0.05) is 0 Å². The van der Waals surface area contributed by atoms with Crippen LogP contribution in [0, 0.1) is 6.92 Å². The average Bonchev–Trinajstić information content (AvgIpc) is 3.35. The number of hydrogen-bond acceptors (Lipinski definition) is 6. The first-order valence-electron chi connectivity index (χ1n) is 8.79. The fourth-order valence-electron chi connectivity index (χ4n) is 3.96. The van der Waals surface area contributed by atoms with Crippen LogP contribution in [0.2, 0.25) is 0 Å². The highest BCUT2D eigenvalue weighted by atomic mass is 16.5. The van der Waals surface area contributed by atoms with E-state index >= 15 is 0 Å². The second-order valence-corrected chi connectivity index (χ2v) is 6.80. The third kappa shape index (κ3) is 2.24. The lowest BCUT2D eigenvalue weighted by Gasteiger charge is -2.28. The first-order chi connectivity index (χ1) is 12.2. The molecule has 0 radical (unpaired) electrons. The molecule has 0 N–H and O–H groups in total. The third-order valence-electron chi connectivity index (χ3n) is 5.28. The number of ether oxygens (including phenoxy) is 1. The van der Waals surface area contributed by atoms with Crippen molar-refractivity contribution >= 4 is 11.3 Å². The van der Waals surface area contributed by atoms with Gasteiger partial charge in [0.05, 0.1) is 18.4 Å². The molecule has 3 aromatic rings. The molecule has 1 unspecified atom stereocenters. The molecule has 8 heteroatoms. The molecule has 0 saturated carbocycles. The maximum atomic E-state index is 5.90. The van der Waals surface area contributed by atoms with Crippen molar-refractivity contribution < 1.29 is 4.74 Å². The molecule has 0 amide bonds. The summed E-state index contributed by atoms with van der Waals surface area (Å²) in [5, 5.41) is 8.82. The van der Waals surface area contributed by atoms with Crippen molar-refractivity contribution in [2.24, 2.45) is 7.05 Å². The van der Waals surface area contributed by atoms with Crippen LogP contribution in [0.25, 0.3) is 5.52 Å². The van der Waals surface area contributed by atoms with E-state index in [1.54, 1.807) is 6.33 Å². The SMILES string of the molecule is Cc1nc(C2CCCO2)c2c(N3CCc4cnn(C)c4C3)ncnn12. The number of rotatable bonds is 2. The minimum atomic E-state index is 0.0468. The minimum absolute atomic E-state index is 0.0468. The molecule has 1 atom stereocenters. The number of hydrogen-bond donors (Lipinski definition) is 0. The molecule has 1 saturated heterocycles. The maximum Gasteiger partial charge on any atom is 0.158 e. The van der Waals surface area contributed by atoms with Crippen LogP contribution >= 0.6 is 0 Å². The largest absolute Gasteiger partial charge is 0.372 e. The van der Waals surface area contributed by atoms with Gasteiger partial charge in [0.1, 0.15) is 29.5 Å². The Bertz CT molecular complexity index is 938. The van der Waals surface area contributed by atoms with Crippen molar-refractivity contribution in [1.29, 1.82) is 0 Å². The molecular formula is C17H21N7O. The smallest absolute Gasteiger partial charge is 0.158 e. The topological polar surface area (TPSA) is 73.4 Å². The number of nitrogens with zero attached hydrogens (tertiary/aromatic N) is 7. The van der Waals surface area contributed by atoms with Crippen molar-refractivity contribution in [2.45, 2.75) is 38.8 Å². The van der Waals surface area contributed by atoms with Gasteiger partial charge >= 0.3 is 0 Å². The quantitative estimate of drug-likeness (QED) is 0.706. The van der Waals surface area contributed by atoms with Crippen LogP contribution in [0.4, 0.5) is 5.82 Å². The summed E-state index contributed by atoms with van der Waals surface area (Å²) >= 11 is 0. The van der Waals surface area contributed by atoms with Crippen LogP contribution in [-0.2, 0) is 24.8 Å². The Morgan fingerprint density at radius 2 is 2.20 bits per heavy atom. The summed E-state index contributed by atoms with van der Waals surface area (Å²) in [5.41, 5.74) is 4.53. The van der Waals surface area contributed by atoms with E-state index in [0.717, 1.165) is 61.8 Å². The second-order valence-electron chi connectivity index (χ2n) is 6.80. The van der Waals surface area contributed by atoms with E-state index in [4.69, 9.17) is 9.72 Å². The van der Waals surface area contributed by atoms with Crippen molar-refractivity contribution in [3.05, 3.63) is 35.3 Å². The van der Waals surface area contributed by atoms with E-state index in [1.807, 2.05) is 29.4 Å². The number of anilines is 1. The highest BCUT2D eigenvalue weighted by molar-refractivity contribution is 5.72. The molecule has 0 aliphatic carbocycles. The molecule has 5 rings (SSSR count). The first-order valence-corrected chi connectivity index (χ1v) is 8.79. The van der Waals surface area contributed by atoms with E-state index in [2.05, 4.69) is 20.1 Å². The van der Waals surface area contributed by atoms with Crippen LogP contribution < -0.4 is 4.90 Å². The summed E-state index contributed by atoms with van der Waals surface area (Å²) in [6, 6.07) is 0. The number of aromatic nitrogens is 6. The molecule has 3 aromatic heterocycles. The highest BCUT2D eigenvalue weighted by Gasteiger charge is 2.29. The van der Waals surface area contributed by atoms with Crippen molar-refractivity contribution in [2.75, 3.05) is 18.1 Å². The molecule has 130 valence electrons. The van der Waals surface area contributed by atoms with Gasteiger partial charge in [-0.05, 0) is 31.7 Å². The summed E-state index contributed by atoms with van der Waals surface area (Å²) in [6.07, 6.45) is 6.70. The summed E-state index contributed by atoms with van der Waals surface area (Å²) in [4.78, 5) is 11.7. The fraction of sp³-hybridized carbons (Fsp3) is 0.529. The zero-order chi connectivity index (χ0) is 17.0. The van der Waals surface area contributed by atoms with Gasteiger partial charge in [-0.15, -0.1) is 0 Å². The zero-order valence-electron chi connectivity index (χ0n) is 14.5. The normalized spacial score (nSPS) is 20.4. The summed E-state index contributed by atoms with van der Waals surface area (Å²) in [6.45, 7) is 4.50. The molecule has 25 heavy (non-hydrogen) atoms. The van der Waals surface area contributed by atoms with E-state index in [1.165, 1.54) is 11.3 Å². The lowest BCUT2D eigenvalue weighted by atomic mass is 10.1. The Kier molecular flexibility index (Phi) is 3.27. The second kappa shape index (κ2) is 5.52. The van der Waals surface area contributed by atoms with Crippen molar-refractivity contribution in [3.63, 3.8) is 0 Å². The number of fused-ring (bicyclic) bond motifs is 2. The van der Waals surface area contributed by atoms with Gasteiger partial charge in [0.15, 0.2) is 5.82 Å². The van der Waals surface area contributed by atoms with Gasteiger partial charge < -0.3 is 9.64 Å². The molecule has 2 aliphatic heterocycles. The first kappa shape index (κ1) is 14.8. The van der Waals surface area contributed by atoms with Gasteiger partial charge in [0, 0.05) is 20.2 Å². The Balaban J connectivity index is 1.63. The monoisotopic (exact) mass is 339 g/mol. The fourth-order valence-corrected chi connectivity index (χ4v) is 3.96. The Labute approximate surface area is 145 Å². The molecule has 8 nitrogen and oxygen atoms in total. The third-order valence-corrected chi connectivity index (χ3v) is 5.28. The van der Waals surface area contributed by atoms with Crippen LogP contribution in [0.3, 0.4) is 0 Å². The van der Waals surface area contributed by atoms with Gasteiger partial charge in [0.2, 0.25) is 0 Å². The molecular weight excluding hydrogens is 318 g/mol. The molecule has 0 spiro atoms. The predicted molar refractivity (Wildman–Crippen MR) is 91.4 cm³/mol. The van der Waals surface area contributed by atoms with Crippen molar-refractivity contribution in [3.8, 4) is 0 Å².